The summed E-state index contributed by atoms with van der Waals surface area (Å²) in [5.74, 6) is 1.75. The maximum Gasteiger partial charge on any atom is 0.233 e. The third-order valence-electron chi connectivity index (χ3n) is 3.24. The van der Waals surface area contributed by atoms with E-state index in [0.29, 0.717) is 25.1 Å². The van der Waals surface area contributed by atoms with Crippen molar-refractivity contribution in [2.75, 3.05) is 43.6 Å². The van der Waals surface area contributed by atoms with Gasteiger partial charge in [0.05, 0.1) is 20.3 Å². The smallest absolute Gasteiger partial charge is 0.233 e. The van der Waals surface area contributed by atoms with Crippen molar-refractivity contribution >= 4 is 29.2 Å². The van der Waals surface area contributed by atoms with Crippen LogP contribution < -0.4 is 15.0 Å². The molecular formula is C14H16ClN5O2. The molecule has 0 spiro atoms. The maximum absolute atomic E-state index is 6.00. The van der Waals surface area contributed by atoms with Crippen LogP contribution in [0.3, 0.4) is 0 Å². The first-order valence-corrected chi connectivity index (χ1v) is 7.28. The third kappa shape index (κ3) is 3.55. The Morgan fingerprint density at radius 2 is 1.86 bits per heavy atom. The first-order valence-electron chi connectivity index (χ1n) is 6.90. The molecule has 0 saturated carbocycles. The minimum atomic E-state index is 0.160. The molecule has 22 heavy (non-hydrogen) atoms. The van der Waals surface area contributed by atoms with Crippen LogP contribution in [0.4, 0.5) is 17.6 Å². The highest BCUT2D eigenvalue weighted by molar-refractivity contribution is 6.28. The Morgan fingerprint density at radius 3 is 2.55 bits per heavy atom. The van der Waals surface area contributed by atoms with E-state index in [-0.39, 0.29) is 5.28 Å². The number of benzene rings is 1. The summed E-state index contributed by atoms with van der Waals surface area (Å²) in [5, 5.41) is 3.28. The second-order valence-electron chi connectivity index (χ2n) is 4.68. The summed E-state index contributed by atoms with van der Waals surface area (Å²) in [6.07, 6.45) is 0. The molecule has 0 aliphatic carbocycles. The molecule has 2 heterocycles. The second-order valence-corrected chi connectivity index (χ2v) is 5.02. The Kier molecular flexibility index (Phi) is 4.55. The van der Waals surface area contributed by atoms with Gasteiger partial charge in [-0.25, -0.2) is 0 Å². The molecule has 1 saturated heterocycles. The van der Waals surface area contributed by atoms with Crippen molar-refractivity contribution in [1.29, 1.82) is 0 Å². The van der Waals surface area contributed by atoms with Crippen LogP contribution in [0.25, 0.3) is 0 Å². The lowest BCUT2D eigenvalue weighted by Crippen LogP contribution is -2.37. The molecule has 0 bridgehead atoms. The van der Waals surface area contributed by atoms with E-state index >= 15 is 0 Å². The molecular weight excluding hydrogens is 306 g/mol. The quantitative estimate of drug-likeness (QED) is 0.924. The Hall–Kier alpha value is -2.12. The summed E-state index contributed by atoms with van der Waals surface area (Å²) >= 11 is 6.00. The zero-order chi connectivity index (χ0) is 15.4. The molecule has 1 aliphatic rings. The van der Waals surface area contributed by atoms with Crippen LogP contribution in [-0.4, -0.2) is 48.4 Å². The first-order chi connectivity index (χ1) is 10.7. The maximum atomic E-state index is 6.00. The highest BCUT2D eigenvalue weighted by Gasteiger charge is 2.16. The number of methoxy groups -OCH3 is 1. The van der Waals surface area contributed by atoms with Gasteiger partial charge in [-0.05, 0) is 35.9 Å². The Morgan fingerprint density at radius 1 is 1.14 bits per heavy atom. The van der Waals surface area contributed by atoms with Gasteiger partial charge < -0.3 is 19.7 Å². The van der Waals surface area contributed by atoms with E-state index in [1.54, 1.807) is 7.11 Å². The van der Waals surface area contributed by atoms with Gasteiger partial charge in [-0.2, -0.15) is 15.0 Å². The second kappa shape index (κ2) is 6.76. The number of ether oxygens (including phenoxy) is 2. The zero-order valence-corrected chi connectivity index (χ0v) is 12.9. The molecule has 2 aromatic rings. The normalized spacial score (nSPS) is 14.7. The van der Waals surface area contributed by atoms with Crippen molar-refractivity contribution in [3.8, 4) is 5.75 Å². The summed E-state index contributed by atoms with van der Waals surface area (Å²) in [5.41, 5.74) is 0.844. The molecule has 3 rings (SSSR count). The molecule has 1 aliphatic heterocycles. The average molecular weight is 322 g/mol. The largest absolute Gasteiger partial charge is 0.497 e. The SMILES string of the molecule is COc1ccc(Nc2nc(Cl)nc(N3CCOCC3)n2)cc1. The van der Waals surface area contributed by atoms with Gasteiger partial charge in [-0.3, -0.25) is 0 Å². The number of hydrogen-bond donors (Lipinski definition) is 1. The van der Waals surface area contributed by atoms with Crippen LogP contribution >= 0.6 is 11.6 Å². The fourth-order valence-electron chi connectivity index (χ4n) is 2.10. The molecule has 116 valence electrons. The van der Waals surface area contributed by atoms with Gasteiger partial charge in [-0.1, -0.05) is 0 Å². The third-order valence-corrected chi connectivity index (χ3v) is 3.41. The van der Waals surface area contributed by atoms with Gasteiger partial charge >= 0.3 is 0 Å². The number of nitrogens with zero attached hydrogens (tertiary/aromatic N) is 4. The fraction of sp³-hybridized carbons (Fsp3) is 0.357. The van der Waals surface area contributed by atoms with Crippen molar-refractivity contribution < 1.29 is 9.47 Å². The fourth-order valence-corrected chi connectivity index (χ4v) is 2.26. The van der Waals surface area contributed by atoms with E-state index in [9.17, 15) is 0 Å². The van der Waals surface area contributed by atoms with Gasteiger partial charge in [-0.15, -0.1) is 0 Å². The number of anilines is 3. The Labute approximate surface area is 133 Å². The number of aromatic nitrogens is 3. The summed E-state index contributed by atoms with van der Waals surface area (Å²) in [6.45, 7) is 2.79. The molecule has 0 unspecified atom stereocenters. The van der Waals surface area contributed by atoms with Crippen molar-refractivity contribution in [2.24, 2.45) is 0 Å². The van der Waals surface area contributed by atoms with Crippen LogP contribution in [0, 0.1) is 0 Å². The predicted octanol–water partition coefficient (Wildman–Crippen LogP) is 2.11. The summed E-state index contributed by atoms with van der Waals surface area (Å²) in [4.78, 5) is 14.7. The zero-order valence-electron chi connectivity index (χ0n) is 12.1. The predicted molar refractivity (Wildman–Crippen MR) is 84.1 cm³/mol. The monoisotopic (exact) mass is 321 g/mol. The van der Waals surface area contributed by atoms with Crippen LogP contribution in [0.2, 0.25) is 5.28 Å². The minimum Gasteiger partial charge on any atom is -0.497 e. The van der Waals surface area contributed by atoms with Crippen molar-refractivity contribution in [1.82, 2.24) is 15.0 Å². The van der Waals surface area contributed by atoms with Crippen molar-refractivity contribution in [2.45, 2.75) is 0 Å². The highest BCUT2D eigenvalue weighted by Crippen LogP contribution is 2.20. The average Bonchev–Trinajstić information content (AvgIpc) is 2.56. The van der Waals surface area contributed by atoms with E-state index in [1.165, 1.54) is 0 Å². The lowest BCUT2D eigenvalue weighted by Gasteiger charge is -2.26. The molecule has 1 fully saturated rings. The molecule has 0 atom stereocenters. The summed E-state index contributed by atoms with van der Waals surface area (Å²) in [6, 6.07) is 7.47. The van der Waals surface area contributed by atoms with Gasteiger partial charge in [0.2, 0.25) is 17.2 Å². The van der Waals surface area contributed by atoms with Gasteiger partial charge in [0.15, 0.2) is 0 Å². The van der Waals surface area contributed by atoms with E-state index < -0.39 is 0 Å². The topological polar surface area (TPSA) is 72.4 Å². The Balaban J connectivity index is 1.79. The van der Waals surface area contributed by atoms with Gasteiger partial charge in [0.1, 0.15) is 5.75 Å². The van der Waals surface area contributed by atoms with Crippen molar-refractivity contribution in [3.63, 3.8) is 0 Å². The number of rotatable bonds is 4. The molecule has 0 amide bonds. The van der Waals surface area contributed by atoms with Crippen LogP contribution in [-0.2, 0) is 4.74 Å². The number of halogens is 1. The van der Waals surface area contributed by atoms with Crippen LogP contribution in [0.5, 0.6) is 5.75 Å². The number of hydrogen-bond acceptors (Lipinski definition) is 7. The van der Waals surface area contributed by atoms with E-state index in [2.05, 4.69) is 20.3 Å². The van der Waals surface area contributed by atoms with E-state index in [1.807, 2.05) is 29.2 Å². The minimum absolute atomic E-state index is 0.160. The Bertz CT molecular complexity index is 632. The lowest BCUT2D eigenvalue weighted by atomic mass is 10.3. The molecule has 1 aromatic heterocycles. The van der Waals surface area contributed by atoms with Crippen LogP contribution in [0.15, 0.2) is 24.3 Å². The standard InChI is InChI=1S/C14H16ClN5O2/c1-21-11-4-2-10(3-5-11)16-13-17-12(15)18-14(19-13)20-6-8-22-9-7-20/h2-5H,6-9H2,1H3,(H,16,17,18,19). The van der Waals surface area contributed by atoms with E-state index in [0.717, 1.165) is 24.5 Å². The summed E-state index contributed by atoms with van der Waals surface area (Å²) in [7, 11) is 1.63. The van der Waals surface area contributed by atoms with Gasteiger partial charge in [0.25, 0.3) is 0 Å². The number of nitrogens with one attached hydrogen (secondary N) is 1. The summed E-state index contributed by atoms with van der Waals surface area (Å²) < 4.78 is 10.5. The molecule has 1 N–H and O–H groups in total. The van der Waals surface area contributed by atoms with E-state index in [4.69, 9.17) is 21.1 Å². The molecule has 1 aromatic carbocycles. The van der Waals surface area contributed by atoms with Crippen LogP contribution in [0.1, 0.15) is 0 Å². The molecule has 8 heteroatoms. The highest BCUT2D eigenvalue weighted by atomic mass is 35.5. The molecule has 0 radical (unpaired) electrons. The molecule has 7 nitrogen and oxygen atoms in total. The first kappa shape index (κ1) is 14.8. The van der Waals surface area contributed by atoms with Crippen molar-refractivity contribution in [3.05, 3.63) is 29.5 Å². The van der Waals surface area contributed by atoms with Gasteiger partial charge in [0, 0.05) is 18.8 Å². The number of morpholine rings is 1. The lowest BCUT2D eigenvalue weighted by molar-refractivity contribution is 0.122.